The molecule has 0 aliphatic carbocycles. The summed E-state index contributed by atoms with van der Waals surface area (Å²) in [4.78, 5) is 30.4. The molecule has 0 bridgehead atoms. The number of amides is 4. The number of likely N-dealkylation sites (tertiary alicyclic amines) is 1. The molecule has 33 heavy (non-hydrogen) atoms. The number of nitrogens with zero attached hydrogens (tertiary/aromatic N) is 3. The number of carbonyl (C=O) groups is 2. The van der Waals surface area contributed by atoms with Crippen LogP contribution in [0.2, 0.25) is 0 Å². The van der Waals surface area contributed by atoms with E-state index in [2.05, 4.69) is 5.32 Å². The number of nitrogens with one attached hydrogen (secondary N) is 1. The molecule has 6 nitrogen and oxygen atoms in total. The van der Waals surface area contributed by atoms with Crippen molar-refractivity contribution in [2.45, 2.75) is 31.6 Å². The summed E-state index contributed by atoms with van der Waals surface area (Å²) in [6.07, 6.45) is -3.30. The molecule has 2 aliphatic rings. The molecule has 2 aliphatic heterocycles. The number of carbonyl (C=O) groups excluding carboxylic acids is 2. The first-order valence-electron chi connectivity index (χ1n) is 10.7. The van der Waals surface area contributed by atoms with Gasteiger partial charge in [0.25, 0.3) is 0 Å². The number of urea groups is 2. The zero-order chi connectivity index (χ0) is 23.6. The molecule has 2 heterocycles. The molecule has 2 fully saturated rings. The number of hydrogen-bond acceptors (Lipinski definition) is 2. The lowest BCUT2D eigenvalue weighted by Gasteiger charge is -2.36. The van der Waals surface area contributed by atoms with Crippen LogP contribution in [-0.2, 0) is 12.7 Å². The minimum Gasteiger partial charge on any atom is -0.324 e. The van der Waals surface area contributed by atoms with Crippen molar-refractivity contribution in [3.05, 3.63) is 65.5 Å². The summed E-state index contributed by atoms with van der Waals surface area (Å²) in [7, 11) is 0. The number of rotatable bonds is 4. The zero-order valence-electron chi connectivity index (χ0n) is 17.8. The van der Waals surface area contributed by atoms with E-state index >= 15 is 0 Å². The van der Waals surface area contributed by atoms with Gasteiger partial charge in [0.1, 0.15) is 5.82 Å². The maximum atomic E-state index is 13.1. The standard InChI is InChI=1S/C23H24F4N4O2/c24-18-6-4-16(5-7-18)15-30-12-13-31(22(30)33)20-8-10-29(11-9-20)21(32)28-19-3-1-2-17(14-19)23(25,26)27/h1-7,14,20H,8-13,15H2,(H,28,32). The van der Waals surface area contributed by atoms with Crippen LogP contribution < -0.4 is 5.32 Å². The molecule has 10 heteroatoms. The first kappa shape index (κ1) is 22.9. The average molecular weight is 464 g/mol. The van der Waals surface area contributed by atoms with Crippen molar-refractivity contribution in [1.82, 2.24) is 14.7 Å². The lowest BCUT2D eigenvalue weighted by molar-refractivity contribution is -0.137. The van der Waals surface area contributed by atoms with Gasteiger partial charge in [0.05, 0.1) is 5.56 Å². The normalized spacial score (nSPS) is 17.6. The fraction of sp³-hybridized carbons (Fsp3) is 0.391. The molecule has 0 unspecified atom stereocenters. The van der Waals surface area contributed by atoms with E-state index in [9.17, 15) is 27.2 Å². The number of anilines is 1. The lowest BCUT2D eigenvalue weighted by atomic mass is 10.0. The highest BCUT2D eigenvalue weighted by Gasteiger charge is 2.36. The number of halogens is 4. The van der Waals surface area contributed by atoms with Gasteiger partial charge in [0.2, 0.25) is 0 Å². The summed E-state index contributed by atoms with van der Waals surface area (Å²) in [6.45, 7) is 2.37. The number of benzene rings is 2. The molecule has 0 spiro atoms. The first-order valence-corrected chi connectivity index (χ1v) is 10.7. The summed E-state index contributed by atoms with van der Waals surface area (Å²) in [5.41, 5.74) is 0.118. The highest BCUT2D eigenvalue weighted by molar-refractivity contribution is 5.89. The maximum Gasteiger partial charge on any atom is 0.416 e. The molecule has 2 saturated heterocycles. The van der Waals surface area contributed by atoms with E-state index in [1.54, 1.807) is 21.9 Å². The van der Waals surface area contributed by atoms with Crippen molar-refractivity contribution >= 4 is 17.7 Å². The fourth-order valence-corrected chi connectivity index (χ4v) is 4.25. The lowest BCUT2D eigenvalue weighted by Crippen LogP contribution is -2.49. The highest BCUT2D eigenvalue weighted by atomic mass is 19.4. The predicted octanol–water partition coefficient (Wildman–Crippen LogP) is 4.78. The molecule has 0 aromatic heterocycles. The summed E-state index contributed by atoms with van der Waals surface area (Å²) >= 11 is 0. The van der Waals surface area contributed by atoms with Crippen LogP contribution in [0.1, 0.15) is 24.0 Å². The van der Waals surface area contributed by atoms with Crippen LogP contribution >= 0.6 is 0 Å². The van der Waals surface area contributed by atoms with E-state index in [4.69, 9.17) is 0 Å². The molecule has 0 saturated carbocycles. The van der Waals surface area contributed by atoms with Gasteiger partial charge in [0, 0.05) is 44.5 Å². The van der Waals surface area contributed by atoms with Gasteiger partial charge in [-0.25, -0.2) is 14.0 Å². The van der Waals surface area contributed by atoms with E-state index in [1.165, 1.54) is 24.3 Å². The van der Waals surface area contributed by atoms with E-state index < -0.39 is 17.8 Å². The molecule has 0 radical (unpaired) electrons. The van der Waals surface area contributed by atoms with Crippen molar-refractivity contribution in [2.24, 2.45) is 0 Å². The Kier molecular flexibility index (Phi) is 6.44. The Hall–Kier alpha value is -3.30. The van der Waals surface area contributed by atoms with Crippen LogP contribution in [-0.4, -0.2) is 59.0 Å². The van der Waals surface area contributed by atoms with Gasteiger partial charge in [-0.1, -0.05) is 18.2 Å². The fourth-order valence-electron chi connectivity index (χ4n) is 4.25. The molecule has 4 rings (SSSR count). The Morgan fingerprint density at radius 1 is 1.00 bits per heavy atom. The quantitative estimate of drug-likeness (QED) is 0.663. The summed E-state index contributed by atoms with van der Waals surface area (Å²) < 4.78 is 51.7. The van der Waals surface area contributed by atoms with Crippen LogP contribution in [0, 0.1) is 5.82 Å². The van der Waals surface area contributed by atoms with Crippen molar-refractivity contribution in [2.75, 3.05) is 31.5 Å². The summed E-state index contributed by atoms with van der Waals surface area (Å²) in [5.74, 6) is -0.322. The monoisotopic (exact) mass is 464 g/mol. The first-order chi connectivity index (χ1) is 15.7. The minimum atomic E-state index is -4.48. The molecule has 1 N–H and O–H groups in total. The predicted molar refractivity (Wildman–Crippen MR) is 114 cm³/mol. The topological polar surface area (TPSA) is 55.9 Å². The van der Waals surface area contributed by atoms with Gasteiger partial charge in [-0.15, -0.1) is 0 Å². The van der Waals surface area contributed by atoms with Crippen molar-refractivity contribution < 1.29 is 27.2 Å². The van der Waals surface area contributed by atoms with Gasteiger partial charge >= 0.3 is 18.2 Å². The number of alkyl halides is 3. The third-order valence-electron chi connectivity index (χ3n) is 6.05. The molecular weight excluding hydrogens is 440 g/mol. The summed E-state index contributed by atoms with van der Waals surface area (Å²) in [6, 6.07) is 10.0. The van der Waals surface area contributed by atoms with Crippen LogP contribution in [0.3, 0.4) is 0 Å². The van der Waals surface area contributed by atoms with Crippen LogP contribution in [0.4, 0.5) is 32.8 Å². The largest absolute Gasteiger partial charge is 0.416 e. The van der Waals surface area contributed by atoms with Gasteiger partial charge in [-0.05, 0) is 48.7 Å². The molecular formula is C23H24F4N4O2. The van der Waals surface area contributed by atoms with Crippen LogP contribution in [0.15, 0.2) is 48.5 Å². The second-order valence-corrected chi connectivity index (χ2v) is 8.25. The molecule has 2 aromatic carbocycles. The van der Waals surface area contributed by atoms with Gasteiger partial charge in [-0.3, -0.25) is 0 Å². The van der Waals surface area contributed by atoms with Crippen molar-refractivity contribution in [3.8, 4) is 0 Å². The van der Waals surface area contributed by atoms with E-state index in [-0.39, 0.29) is 23.6 Å². The Morgan fingerprint density at radius 3 is 2.36 bits per heavy atom. The Balaban J connectivity index is 1.28. The molecule has 0 atom stereocenters. The Bertz CT molecular complexity index is 1000. The maximum absolute atomic E-state index is 13.1. The Morgan fingerprint density at radius 2 is 1.70 bits per heavy atom. The smallest absolute Gasteiger partial charge is 0.324 e. The van der Waals surface area contributed by atoms with Gasteiger partial charge in [-0.2, -0.15) is 13.2 Å². The third-order valence-corrected chi connectivity index (χ3v) is 6.05. The van der Waals surface area contributed by atoms with Gasteiger partial charge in [0.15, 0.2) is 0 Å². The SMILES string of the molecule is O=C(Nc1cccc(C(F)(F)F)c1)N1CCC(N2CCN(Cc3ccc(F)cc3)C2=O)CC1. The van der Waals surface area contributed by atoms with E-state index in [0.29, 0.717) is 45.6 Å². The number of hydrogen-bond donors (Lipinski definition) is 1. The molecule has 4 amide bonds. The van der Waals surface area contributed by atoms with E-state index in [1.807, 2.05) is 4.90 Å². The Labute approximate surface area is 188 Å². The zero-order valence-corrected chi connectivity index (χ0v) is 17.8. The minimum absolute atomic E-state index is 0.00618. The van der Waals surface area contributed by atoms with Crippen LogP contribution in [0.25, 0.3) is 0 Å². The van der Waals surface area contributed by atoms with E-state index in [0.717, 1.165) is 17.7 Å². The second-order valence-electron chi connectivity index (χ2n) is 8.25. The van der Waals surface area contributed by atoms with Crippen LogP contribution in [0.5, 0.6) is 0 Å². The summed E-state index contributed by atoms with van der Waals surface area (Å²) in [5, 5.41) is 2.53. The molecule has 2 aromatic rings. The second kappa shape index (κ2) is 9.29. The average Bonchev–Trinajstić information content (AvgIpc) is 3.15. The van der Waals surface area contributed by atoms with Crippen molar-refractivity contribution in [3.63, 3.8) is 0 Å². The highest BCUT2D eigenvalue weighted by Crippen LogP contribution is 2.31. The number of piperidine rings is 1. The van der Waals surface area contributed by atoms with Crippen molar-refractivity contribution in [1.29, 1.82) is 0 Å². The molecule has 176 valence electrons. The van der Waals surface area contributed by atoms with Gasteiger partial charge < -0.3 is 20.0 Å². The third kappa shape index (κ3) is 5.37.